The predicted octanol–water partition coefficient (Wildman–Crippen LogP) is 4.29. The van der Waals surface area contributed by atoms with Crippen molar-refractivity contribution >= 4 is 41.0 Å². The van der Waals surface area contributed by atoms with E-state index >= 15 is 0 Å². The molecule has 0 radical (unpaired) electrons. The van der Waals surface area contributed by atoms with E-state index in [0.29, 0.717) is 0 Å². The molecule has 1 aliphatic heterocycles. The number of amides is 2. The van der Waals surface area contributed by atoms with Gasteiger partial charge in [-0.15, -0.1) is 23.2 Å². The Kier molecular flexibility index (Phi) is 5.74. The van der Waals surface area contributed by atoms with Gasteiger partial charge < -0.3 is 4.74 Å². The summed E-state index contributed by atoms with van der Waals surface area (Å²) in [5.41, 5.74) is 4.38. The van der Waals surface area contributed by atoms with Crippen LogP contribution in [-0.2, 0) is 19.1 Å². The highest BCUT2D eigenvalue weighted by Gasteiger charge is 2.63. The normalized spacial score (nSPS) is 25.8. The molecule has 0 spiro atoms. The van der Waals surface area contributed by atoms with E-state index in [1.54, 1.807) is 0 Å². The van der Waals surface area contributed by atoms with Crippen LogP contribution in [0.1, 0.15) is 47.9 Å². The zero-order chi connectivity index (χ0) is 23.4. The number of alkyl halides is 2. The second-order valence-electron chi connectivity index (χ2n) is 9.37. The van der Waals surface area contributed by atoms with Gasteiger partial charge in [0.05, 0.1) is 23.6 Å². The number of rotatable bonds is 6. The molecule has 2 bridgehead atoms. The molecule has 2 aromatic rings. The van der Waals surface area contributed by atoms with Crippen LogP contribution in [0.25, 0.3) is 0 Å². The first-order valence-electron chi connectivity index (χ1n) is 11.3. The molecule has 33 heavy (non-hydrogen) atoms. The molecule has 6 rings (SSSR count). The number of likely N-dealkylation sites (tertiary alicyclic amines) is 1. The van der Waals surface area contributed by atoms with Crippen molar-refractivity contribution in [3.63, 3.8) is 0 Å². The minimum atomic E-state index is -1.02. The van der Waals surface area contributed by atoms with E-state index in [9.17, 15) is 14.4 Å². The molecule has 3 aliphatic carbocycles. The first-order valence-corrected chi connectivity index (χ1v) is 12.3. The molecular weight excluding hydrogens is 461 g/mol. The Morgan fingerprint density at radius 1 is 0.848 bits per heavy atom. The lowest BCUT2D eigenvalue weighted by Crippen LogP contribution is -2.50. The number of nitrogens with zero attached hydrogens (tertiary/aromatic N) is 1. The Labute approximate surface area is 203 Å². The lowest BCUT2D eigenvalue weighted by molar-refractivity contribution is -0.163. The highest BCUT2D eigenvalue weighted by Crippen LogP contribution is 2.61. The van der Waals surface area contributed by atoms with E-state index in [1.807, 2.05) is 38.1 Å². The van der Waals surface area contributed by atoms with Gasteiger partial charge in [0.1, 0.15) is 12.1 Å². The summed E-state index contributed by atoms with van der Waals surface area (Å²) in [5, 5.41) is 0. The summed E-state index contributed by atoms with van der Waals surface area (Å²) >= 11 is 11.7. The van der Waals surface area contributed by atoms with Gasteiger partial charge in [0.25, 0.3) is 0 Å². The Bertz CT molecular complexity index is 1010. The molecule has 5 nitrogen and oxygen atoms in total. The molecule has 0 aromatic heterocycles. The summed E-state index contributed by atoms with van der Waals surface area (Å²) in [4.78, 5) is 42.1. The Morgan fingerprint density at radius 2 is 1.24 bits per heavy atom. The smallest absolute Gasteiger partial charge is 0.329 e. The van der Waals surface area contributed by atoms with E-state index in [-0.39, 0.29) is 41.3 Å². The summed E-state index contributed by atoms with van der Waals surface area (Å²) in [5.74, 6) is -2.95. The third kappa shape index (κ3) is 3.23. The molecule has 0 N–H and O–H groups in total. The molecule has 172 valence electrons. The lowest BCUT2D eigenvalue weighted by Gasteiger charge is -2.45. The Morgan fingerprint density at radius 3 is 1.58 bits per heavy atom. The standard InChI is InChI=1S/C26H25Cl2NO4/c1-13(2)23(26(32)33-14(11-27)12-28)29-24(30)21-19-15-7-3-4-8-16(15)20(22(21)25(29)31)18-10-6-5-9-17(18)19/h3-10,13-14,19-23H,11-12H2,1-2H3/t19?,20?,21-,22+,23-/m1/s1. The minimum Gasteiger partial charge on any atom is -0.458 e. The van der Waals surface area contributed by atoms with Gasteiger partial charge in [0.2, 0.25) is 11.8 Å². The topological polar surface area (TPSA) is 63.7 Å². The highest BCUT2D eigenvalue weighted by atomic mass is 35.5. The fraction of sp³-hybridized carbons (Fsp3) is 0.423. The molecule has 2 amide bonds. The molecule has 0 saturated carbocycles. The van der Waals surface area contributed by atoms with Crippen LogP contribution >= 0.6 is 23.2 Å². The predicted molar refractivity (Wildman–Crippen MR) is 125 cm³/mol. The van der Waals surface area contributed by atoms with Gasteiger partial charge in [-0.2, -0.15) is 0 Å². The fourth-order valence-corrected chi connectivity index (χ4v) is 6.44. The number of benzene rings is 2. The van der Waals surface area contributed by atoms with Gasteiger partial charge in [-0.05, 0) is 28.2 Å². The van der Waals surface area contributed by atoms with Crippen molar-refractivity contribution in [2.75, 3.05) is 11.8 Å². The van der Waals surface area contributed by atoms with Gasteiger partial charge in [-0.3, -0.25) is 14.5 Å². The number of hydrogen-bond donors (Lipinski definition) is 0. The van der Waals surface area contributed by atoms with Gasteiger partial charge in [-0.25, -0.2) is 4.79 Å². The van der Waals surface area contributed by atoms with Crippen molar-refractivity contribution in [2.45, 2.75) is 37.8 Å². The van der Waals surface area contributed by atoms with Gasteiger partial charge in [-0.1, -0.05) is 62.4 Å². The van der Waals surface area contributed by atoms with Crippen LogP contribution < -0.4 is 0 Å². The van der Waals surface area contributed by atoms with Crippen molar-refractivity contribution in [1.82, 2.24) is 4.90 Å². The minimum absolute atomic E-state index is 0.0436. The van der Waals surface area contributed by atoms with E-state index in [1.165, 1.54) is 4.90 Å². The molecular formula is C26H25Cl2NO4. The summed E-state index contributed by atoms with van der Waals surface area (Å²) in [6.07, 6.45) is -0.679. The first kappa shape index (κ1) is 22.4. The van der Waals surface area contributed by atoms with Crippen LogP contribution in [-0.4, -0.2) is 46.6 Å². The number of halogens is 2. The number of carbonyl (C=O) groups excluding carboxylic acids is 3. The van der Waals surface area contributed by atoms with Crippen LogP contribution in [0.4, 0.5) is 0 Å². The monoisotopic (exact) mass is 485 g/mol. The molecule has 4 aliphatic rings. The average Bonchev–Trinajstić information content (AvgIpc) is 3.08. The van der Waals surface area contributed by atoms with Crippen LogP contribution in [0, 0.1) is 17.8 Å². The van der Waals surface area contributed by atoms with E-state index in [4.69, 9.17) is 27.9 Å². The van der Waals surface area contributed by atoms with Crippen molar-refractivity contribution in [3.05, 3.63) is 70.8 Å². The van der Waals surface area contributed by atoms with Crippen molar-refractivity contribution in [1.29, 1.82) is 0 Å². The van der Waals surface area contributed by atoms with Gasteiger partial charge in [0.15, 0.2) is 0 Å². The van der Waals surface area contributed by atoms with Crippen molar-refractivity contribution < 1.29 is 19.1 Å². The fourth-order valence-electron chi connectivity index (χ4n) is 5.99. The third-order valence-corrected chi connectivity index (χ3v) is 7.95. The third-order valence-electron chi connectivity index (χ3n) is 7.26. The largest absolute Gasteiger partial charge is 0.458 e. The maximum Gasteiger partial charge on any atom is 0.329 e. The second-order valence-corrected chi connectivity index (χ2v) is 9.98. The number of esters is 1. The van der Waals surface area contributed by atoms with E-state index in [2.05, 4.69) is 24.3 Å². The summed E-state index contributed by atoms with van der Waals surface area (Å²) in [6.45, 7) is 3.62. The van der Waals surface area contributed by atoms with Crippen LogP contribution in [0.15, 0.2) is 48.5 Å². The molecule has 1 fully saturated rings. The van der Waals surface area contributed by atoms with E-state index < -0.39 is 30.0 Å². The lowest BCUT2D eigenvalue weighted by atomic mass is 9.55. The van der Waals surface area contributed by atoms with Gasteiger partial charge in [0, 0.05) is 11.8 Å². The first-order chi connectivity index (χ1) is 15.9. The zero-order valence-corrected chi connectivity index (χ0v) is 19.9. The Hall–Kier alpha value is -2.37. The quantitative estimate of drug-likeness (QED) is 0.347. The number of ether oxygens (including phenoxy) is 1. The Balaban J connectivity index is 1.59. The molecule has 3 atom stereocenters. The van der Waals surface area contributed by atoms with Crippen LogP contribution in [0.3, 0.4) is 0 Å². The summed E-state index contributed by atoms with van der Waals surface area (Å²) in [7, 11) is 0. The van der Waals surface area contributed by atoms with Crippen molar-refractivity contribution in [2.24, 2.45) is 17.8 Å². The second kappa shape index (κ2) is 8.44. The maximum atomic E-state index is 13.9. The SMILES string of the molecule is CC(C)[C@H](C(=O)OC(CCl)CCl)N1C(=O)[C@@H]2C3c4ccccc4C(c4ccccc43)[C@@H]2C1=O. The number of hydrogen-bond acceptors (Lipinski definition) is 4. The average molecular weight is 486 g/mol. The van der Waals surface area contributed by atoms with E-state index in [0.717, 1.165) is 22.3 Å². The maximum absolute atomic E-state index is 13.9. The number of imide groups is 1. The van der Waals surface area contributed by atoms with Crippen LogP contribution in [0.2, 0.25) is 0 Å². The van der Waals surface area contributed by atoms with Crippen molar-refractivity contribution in [3.8, 4) is 0 Å². The molecule has 0 unspecified atom stereocenters. The number of carbonyl (C=O) groups is 3. The molecule has 2 aromatic carbocycles. The molecule has 7 heteroatoms. The van der Waals surface area contributed by atoms with Gasteiger partial charge >= 0.3 is 5.97 Å². The molecule has 1 heterocycles. The summed E-state index contributed by atoms with van der Waals surface area (Å²) < 4.78 is 5.48. The molecule has 1 saturated heterocycles. The summed E-state index contributed by atoms with van der Waals surface area (Å²) in [6, 6.07) is 15.1. The highest BCUT2D eigenvalue weighted by molar-refractivity contribution is 6.21. The zero-order valence-electron chi connectivity index (χ0n) is 18.4. The van der Waals surface area contributed by atoms with Crippen LogP contribution in [0.5, 0.6) is 0 Å².